The summed E-state index contributed by atoms with van der Waals surface area (Å²) in [5.74, 6) is 0.0559. The SMILES string of the molecule is Cc1ccc2cc(CN(Cc3ccccc3)C(=O)C[NH+]3CCOCC3)c(=O)[nH]c2c1C. The molecule has 2 aromatic carbocycles. The zero-order chi connectivity index (χ0) is 21.8. The van der Waals surface area contributed by atoms with Crippen LogP contribution in [0.1, 0.15) is 22.3 Å². The van der Waals surface area contributed by atoms with Gasteiger partial charge in [-0.25, -0.2) is 0 Å². The van der Waals surface area contributed by atoms with E-state index < -0.39 is 0 Å². The summed E-state index contributed by atoms with van der Waals surface area (Å²) in [6.07, 6.45) is 0. The summed E-state index contributed by atoms with van der Waals surface area (Å²) >= 11 is 0. The minimum atomic E-state index is -0.134. The molecule has 0 aliphatic carbocycles. The van der Waals surface area contributed by atoms with Crippen LogP contribution in [-0.4, -0.2) is 48.6 Å². The number of pyridine rings is 1. The maximum atomic E-state index is 13.2. The van der Waals surface area contributed by atoms with E-state index in [0.29, 0.717) is 31.9 Å². The maximum Gasteiger partial charge on any atom is 0.278 e. The minimum Gasteiger partial charge on any atom is -0.370 e. The molecule has 1 aromatic heterocycles. The number of nitrogens with zero attached hydrogens (tertiary/aromatic N) is 1. The molecule has 31 heavy (non-hydrogen) atoms. The highest BCUT2D eigenvalue weighted by atomic mass is 16.5. The third kappa shape index (κ3) is 5.03. The number of carbonyl (C=O) groups is 1. The Morgan fingerprint density at radius 3 is 2.55 bits per heavy atom. The number of hydrogen-bond donors (Lipinski definition) is 2. The first kappa shape index (κ1) is 21.3. The van der Waals surface area contributed by atoms with Crippen LogP contribution in [0.15, 0.2) is 53.3 Å². The Balaban J connectivity index is 1.61. The molecule has 1 fully saturated rings. The number of H-pyrrole nitrogens is 1. The number of morpholine rings is 1. The zero-order valence-electron chi connectivity index (χ0n) is 18.2. The summed E-state index contributed by atoms with van der Waals surface area (Å²) in [6.45, 7) is 8.28. The number of aromatic amines is 1. The van der Waals surface area contributed by atoms with Crippen LogP contribution in [0.5, 0.6) is 0 Å². The number of benzene rings is 2. The quantitative estimate of drug-likeness (QED) is 0.637. The Bertz CT molecular complexity index is 1120. The number of hydrogen-bond acceptors (Lipinski definition) is 3. The molecule has 0 unspecified atom stereocenters. The van der Waals surface area contributed by atoms with Crippen molar-refractivity contribution in [2.24, 2.45) is 0 Å². The molecule has 6 heteroatoms. The van der Waals surface area contributed by atoms with Crippen LogP contribution >= 0.6 is 0 Å². The molecule has 0 radical (unpaired) electrons. The van der Waals surface area contributed by atoms with Gasteiger partial charge in [0, 0.05) is 12.1 Å². The van der Waals surface area contributed by atoms with Crippen LogP contribution < -0.4 is 10.5 Å². The number of amides is 1. The van der Waals surface area contributed by atoms with Gasteiger partial charge in [-0.1, -0.05) is 42.5 Å². The average Bonchev–Trinajstić information content (AvgIpc) is 2.78. The molecule has 1 aliphatic heterocycles. The van der Waals surface area contributed by atoms with Crippen molar-refractivity contribution in [3.05, 3.63) is 81.1 Å². The van der Waals surface area contributed by atoms with Gasteiger partial charge in [-0.3, -0.25) is 9.59 Å². The molecule has 2 N–H and O–H groups in total. The highest BCUT2D eigenvalue weighted by Gasteiger charge is 2.23. The molecule has 0 atom stereocenters. The smallest absolute Gasteiger partial charge is 0.278 e. The molecule has 2 heterocycles. The molecule has 0 spiro atoms. The second kappa shape index (κ2) is 9.45. The number of aromatic nitrogens is 1. The Morgan fingerprint density at radius 1 is 1.06 bits per heavy atom. The third-order valence-corrected chi connectivity index (χ3v) is 6.16. The molecule has 4 rings (SSSR count). The van der Waals surface area contributed by atoms with E-state index in [1.165, 1.54) is 4.90 Å². The van der Waals surface area contributed by atoms with Gasteiger partial charge in [-0.15, -0.1) is 0 Å². The summed E-state index contributed by atoms with van der Waals surface area (Å²) < 4.78 is 5.42. The van der Waals surface area contributed by atoms with Gasteiger partial charge < -0.3 is 19.5 Å². The van der Waals surface area contributed by atoms with Gasteiger partial charge in [-0.05, 0) is 42.0 Å². The number of nitrogens with one attached hydrogen (secondary N) is 2. The van der Waals surface area contributed by atoms with E-state index in [0.717, 1.165) is 40.7 Å². The average molecular weight is 421 g/mol. The Morgan fingerprint density at radius 2 is 1.81 bits per heavy atom. The molecule has 3 aromatic rings. The molecular weight excluding hydrogens is 390 g/mol. The summed E-state index contributed by atoms with van der Waals surface area (Å²) in [4.78, 5) is 32.2. The maximum absolute atomic E-state index is 13.2. The first-order valence-electron chi connectivity index (χ1n) is 10.9. The van der Waals surface area contributed by atoms with Gasteiger partial charge >= 0.3 is 0 Å². The Kier molecular flexibility index (Phi) is 6.49. The number of fused-ring (bicyclic) bond motifs is 1. The molecule has 1 amide bonds. The summed E-state index contributed by atoms with van der Waals surface area (Å²) in [5, 5.41) is 0.989. The van der Waals surface area contributed by atoms with Crippen molar-refractivity contribution in [1.82, 2.24) is 9.88 Å². The number of quaternary nitrogens is 1. The Labute approximate surface area is 182 Å². The fourth-order valence-electron chi connectivity index (χ4n) is 4.09. The van der Waals surface area contributed by atoms with Crippen molar-refractivity contribution in [1.29, 1.82) is 0 Å². The van der Waals surface area contributed by atoms with E-state index in [4.69, 9.17) is 4.74 Å². The largest absolute Gasteiger partial charge is 0.370 e. The third-order valence-electron chi connectivity index (χ3n) is 6.16. The van der Waals surface area contributed by atoms with Gasteiger partial charge in [0.2, 0.25) is 0 Å². The first-order chi connectivity index (χ1) is 15.0. The molecule has 1 aliphatic rings. The highest BCUT2D eigenvalue weighted by molar-refractivity contribution is 5.83. The van der Waals surface area contributed by atoms with Gasteiger partial charge in [0.15, 0.2) is 6.54 Å². The molecule has 162 valence electrons. The molecule has 0 saturated carbocycles. The van der Waals surface area contributed by atoms with Gasteiger partial charge in [-0.2, -0.15) is 0 Å². The lowest BCUT2D eigenvalue weighted by atomic mass is 10.0. The van der Waals surface area contributed by atoms with Crippen LogP contribution in [0.3, 0.4) is 0 Å². The van der Waals surface area contributed by atoms with Gasteiger partial charge in [0.05, 0.1) is 25.3 Å². The molecular formula is C25H30N3O3+. The highest BCUT2D eigenvalue weighted by Crippen LogP contribution is 2.19. The molecule has 1 saturated heterocycles. The minimum absolute atomic E-state index is 0.0559. The second-order valence-electron chi connectivity index (χ2n) is 8.37. The van der Waals surface area contributed by atoms with Crippen molar-refractivity contribution >= 4 is 16.8 Å². The van der Waals surface area contributed by atoms with E-state index in [2.05, 4.69) is 11.1 Å². The van der Waals surface area contributed by atoms with E-state index in [9.17, 15) is 9.59 Å². The topological polar surface area (TPSA) is 66.8 Å². The first-order valence-corrected chi connectivity index (χ1v) is 10.9. The fourth-order valence-corrected chi connectivity index (χ4v) is 4.09. The van der Waals surface area contributed by atoms with E-state index in [1.54, 1.807) is 4.90 Å². The van der Waals surface area contributed by atoms with Crippen LogP contribution in [-0.2, 0) is 22.6 Å². The van der Waals surface area contributed by atoms with Crippen LogP contribution in [0.25, 0.3) is 10.9 Å². The van der Waals surface area contributed by atoms with Crippen molar-refractivity contribution < 1.29 is 14.4 Å². The lowest BCUT2D eigenvalue weighted by molar-refractivity contribution is -0.900. The zero-order valence-corrected chi connectivity index (χ0v) is 18.2. The van der Waals surface area contributed by atoms with Gasteiger partial charge in [0.1, 0.15) is 13.1 Å². The lowest BCUT2D eigenvalue weighted by Gasteiger charge is -2.27. The number of ether oxygens (including phenoxy) is 1. The van der Waals surface area contributed by atoms with E-state index in [-0.39, 0.29) is 18.0 Å². The van der Waals surface area contributed by atoms with Crippen molar-refractivity contribution in [3.63, 3.8) is 0 Å². The standard InChI is InChI=1S/C25H29N3O3/c1-18-8-9-21-14-22(25(30)26-24(21)19(18)2)16-28(15-20-6-4-3-5-7-20)23(29)17-27-10-12-31-13-11-27/h3-9,14H,10-13,15-17H2,1-2H3,(H,26,30)/p+1. The number of aryl methyl sites for hydroxylation is 2. The molecule has 0 bridgehead atoms. The van der Waals surface area contributed by atoms with Crippen molar-refractivity contribution in [2.75, 3.05) is 32.8 Å². The van der Waals surface area contributed by atoms with E-state index >= 15 is 0 Å². The monoisotopic (exact) mass is 420 g/mol. The van der Waals surface area contributed by atoms with Crippen molar-refractivity contribution in [2.45, 2.75) is 26.9 Å². The number of rotatable bonds is 6. The van der Waals surface area contributed by atoms with Gasteiger partial charge in [0.25, 0.3) is 11.5 Å². The molecule has 6 nitrogen and oxygen atoms in total. The van der Waals surface area contributed by atoms with Crippen molar-refractivity contribution in [3.8, 4) is 0 Å². The van der Waals surface area contributed by atoms with Crippen LogP contribution in [0, 0.1) is 13.8 Å². The second-order valence-corrected chi connectivity index (χ2v) is 8.37. The summed E-state index contributed by atoms with van der Waals surface area (Å²) in [6, 6.07) is 15.9. The predicted molar refractivity (Wildman–Crippen MR) is 121 cm³/mol. The lowest BCUT2D eigenvalue weighted by Crippen LogP contribution is -3.15. The Hall–Kier alpha value is -2.96. The summed E-state index contributed by atoms with van der Waals surface area (Å²) in [7, 11) is 0. The van der Waals surface area contributed by atoms with Crippen LogP contribution in [0.2, 0.25) is 0 Å². The fraction of sp³-hybridized carbons (Fsp3) is 0.360. The van der Waals surface area contributed by atoms with Crippen LogP contribution in [0.4, 0.5) is 0 Å². The summed E-state index contributed by atoms with van der Waals surface area (Å²) in [5.41, 5.74) is 4.62. The predicted octanol–water partition coefficient (Wildman–Crippen LogP) is 1.59. The number of carbonyl (C=O) groups excluding carboxylic acids is 1. The van der Waals surface area contributed by atoms with E-state index in [1.807, 2.05) is 56.3 Å². The normalized spacial score (nSPS) is 14.6.